The summed E-state index contributed by atoms with van der Waals surface area (Å²) in [5.41, 5.74) is 25.7. The highest BCUT2D eigenvalue weighted by Gasteiger charge is 2.19. The number of nitrogens with zero attached hydrogens (tertiary/aromatic N) is 4. The van der Waals surface area contributed by atoms with Crippen LogP contribution < -0.4 is 0 Å². The van der Waals surface area contributed by atoms with Crippen LogP contribution in [0.4, 0.5) is 0 Å². The maximum atomic E-state index is 6.67. The average Bonchev–Trinajstić information content (AvgIpc) is 1.63. The number of aromatic nitrogens is 4. The van der Waals surface area contributed by atoms with Gasteiger partial charge in [0.2, 0.25) is 0 Å². The molecular weight excluding hydrogens is 1120 g/mol. The lowest BCUT2D eigenvalue weighted by Crippen LogP contribution is -2.00. The van der Waals surface area contributed by atoms with E-state index >= 15 is 0 Å². The molecule has 5 heteroatoms. The van der Waals surface area contributed by atoms with Crippen LogP contribution in [0.1, 0.15) is 0 Å². The highest BCUT2D eigenvalue weighted by molar-refractivity contribution is 6.11. The second-order valence-electron chi connectivity index (χ2n) is 23.5. The molecule has 17 rings (SSSR count). The van der Waals surface area contributed by atoms with Gasteiger partial charge in [-0.05, 0) is 150 Å². The molecule has 0 aliphatic rings. The molecule has 0 N–H and O–H groups in total. The van der Waals surface area contributed by atoms with Crippen LogP contribution in [0.3, 0.4) is 0 Å². The molecule has 0 amide bonds. The number of fused-ring (bicyclic) bond motifs is 6. The van der Waals surface area contributed by atoms with E-state index in [0.29, 0.717) is 17.5 Å². The van der Waals surface area contributed by atoms with Crippen molar-refractivity contribution in [3.63, 3.8) is 0 Å². The zero-order valence-electron chi connectivity index (χ0n) is 50.0. The Morgan fingerprint density at radius 1 is 0.207 bits per heavy atom. The van der Waals surface area contributed by atoms with Crippen LogP contribution in [-0.4, -0.2) is 19.5 Å². The lowest BCUT2D eigenvalue weighted by molar-refractivity contribution is 0.670. The SMILES string of the molecule is c1ccc(-c2cccc(-c3cc(-c4ccc(-c5nc(-c6ccc(-c7cccc(-n8c9ccccc9c9ccccc98)c7)cc6)nc(-c6cccc(-c7cccc(-c8ccccc8-c8ccccc8)c7)c6)n5)cc4)cc(-c4cccc5c4oc4ccccc45)c3)c2)cc1. The predicted molar refractivity (Wildman–Crippen MR) is 381 cm³/mol. The second kappa shape index (κ2) is 23.0. The fraction of sp³-hybridized carbons (Fsp3) is 0. The van der Waals surface area contributed by atoms with Crippen molar-refractivity contribution >= 4 is 43.7 Å². The lowest BCUT2D eigenvalue weighted by atomic mass is 9.91. The molecule has 5 nitrogen and oxygen atoms in total. The van der Waals surface area contributed by atoms with Gasteiger partial charge in [-0.2, -0.15) is 0 Å². The van der Waals surface area contributed by atoms with Crippen LogP contribution >= 0.6 is 0 Å². The third-order valence-corrected chi connectivity index (χ3v) is 17.9. The van der Waals surface area contributed by atoms with Crippen molar-refractivity contribution in [2.24, 2.45) is 0 Å². The first-order chi connectivity index (χ1) is 45.6. The van der Waals surface area contributed by atoms with E-state index in [2.05, 4.69) is 332 Å². The molecule has 17 aromatic rings. The summed E-state index contributed by atoms with van der Waals surface area (Å²) in [5, 5.41) is 4.67. The van der Waals surface area contributed by atoms with E-state index in [0.717, 1.165) is 111 Å². The van der Waals surface area contributed by atoms with Crippen molar-refractivity contribution in [2.45, 2.75) is 0 Å². The van der Waals surface area contributed by atoms with E-state index in [1.807, 2.05) is 12.1 Å². The van der Waals surface area contributed by atoms with Gasteiger partial charge in [-0.25, -0.2) is 15.0 Å². The van der Waals surface area contributed by atoms with Crippen molar-refractivity contribution in [3.8, 4) is 129 Å². The Balaban J connectivity index is 0.764. The molecule has 0 saturated carbocycles. The Morgan fingerprint density at radius 3 is 1.21 bits per heavy atom. The molecule has 0 aliphatic heterocycles. The van der Waals surface area contributed by atoms with E-state index < -0.39 is 0 Å². The molecule has 0 aliphatic carbocycles. The molecular formula is C87H56N4O. The number of hydrogen-bond acceptors (Lipinski definition) is 4. The Bertz CT molecular complexity index is 5580. The first-order valence-electron chi connectivity index (χ1n) is 31.2. The first-order valence-corrected chi connectivity index (χ1v) is 31.2. The van der Waals surface area contributed by atoms with E-state index in [4.69, 9.17) is 19.4 Å². The fourth-order valence-corrected chi connectivity index (χ4v) is 13.3. The molecule has 14 aromatic carbocycles. The van der Waals surface area contributed by atoms with Crippen LogP contribution in [0.15, 0.2) is 344 Å². The quantitative estimate of drug-likeness (QED) is 0.122. The monoisotopic (exact) mass is 1170 g/mol. The summed E-state index contributed by atoms with van der Waals surface area (Å²) in [7, 11) is 0. The molecule has 92 heavy (non-hydrogen) atoms. The molecule has 0 bridgehead atoms. The summed E-state index contributed by atoms with van der Waals surface area (Å²) >= 11 is 0. The van der Waals surface area contributed by atoms with E-state index in [-0.39, 0.29) is 0 Å². The van der Waals surface area contributed by atoms with Crippen LogP contribution in [0, 0.1) is 0 Å². The Morgan fingerprint density at radius 2 is 0.565 bits per heavy atom. The van der Waals surface area contributed by atoms with Gasteiger partial charge in [0.05, 0.1) is 11.0 Å². The first kappa shape index (κ1) is 53.9. The number of hydrogen-bond donors (Lipinski definition) is 0. The molecule has 0 unspecified atom stereocenters. The number of rotatable bonds is 12. The second-order valence-corrected chi connectivity index (χ2v) is 23.5. The van der Waals surface area contributed by atoms with Crippen molar-refractivity contribution < 1.29 is 4.42 Å². The van der Waals surface area contributed by atoms with Crippen LogP contribution in [0.25, 0.3) is 173 Å². The van der Waals surface area contributed by atoms with Gasteiger partial charge < -0.3 is 8.98 Å². The molecule has 0 atom stereocenters. The third-order valence-electron chi connectivity index (χ3n) is 17.9. The summed E-state index contributed by atoms with van der Waals surface area (Å²) < 4.78 is 9.03. The van der Waals surface area contributed by atoms with Crippen molar-refractivity contribution in [2.75, 3.05) is 0 Å². The topological polar surface area (TPSA) is 56.7 Å². The van der Waals surface area contributed by atoms with Gasteiger partial charge in [0.1, 0.15) is 11.2 Å². The minimum absolute atomic E-state index is 0.577. The van der Waals surface area contributed by atoms with Gasteiger partial charge in [-0.15, -0.1) is 0 Å². The van der Waals surface area contributed by atoms with E-state index in [1.54, 1.807) is 0 Å². The fourth-order valence-electron chi connectivity index (χ4n) is 13.3. The van der Waals surface area contributed by atoms with Crippen LogP contribution in [0.5, 0.6) is 0 Å². The number of furan rings is 1. The summed E-state index contributed by atoms with van der Waals surface area (Å²) in [4.78, 5) is 16.0. The van der Waals surface area contributed by atoms with E-state index in [1.165, 1.54) is 44.1 Å². The zero-order valence-corrected chi connectivity index (χ0v) is 50.0. The molecule has 0 radical (unpaired) electrons. The maximum absolute atomic E-state index is 6.67. The van der Waals surface area contributed by atoms with Crippen LogP contribution in [-0.2, 0) is 0 Å². The smallest absolute Gasteiger partial charge is 0.164 e. The minimum Gasteiger partial charge on any atom is -0.455 e. The van der Waals surface area contributed by atoms with Gasteiger partial charge in [0.25, 0.3) is 0 Å². The third kappa shape index (κ3) is 10.0. The summed E-state index contributed by atoms with van der Waals surface area (Å²) in [5.74, 6) is 1.74. The van der Waals surface area contributed by atoms with Gasteiger partial charge in [-0.3, -0.25) is 0 Å². The Kier molecular flexibility index (Phi) is 13.5. The normalized spacial score (nSPS) is 11.5. The highest BCUT2D eigenvalue weighted by Crippen LogP contribution is 2.42. The van der Waals surface area contributed by atoms with Crippen molar-refractivity contribution in [1.82, 2.24) is 19.5 Å². The standard InChI is InChI=1S/C87H56N4O/c1-3-20-57(21-4-1)63-24-15-27-66(50-63)71-53-70(54-72(55-71)76-37-19-38-80-79-36-11-14-41-83(79)92-84(76)80)59-44-48-62(49-45-59)86-88-85(61-46-42-58(43-47-61)67-28-18-31-73(56-67)91-81-39-12-9-34-77(81)78-35-10-13-40-82(78)91)89-87(90-86)69-30-17-26-65(52-69)64-25-16-29-68(51-64)75-33-8-7-32-74(75)60-22-5-2-6-23-60/h1-56H. The molecule has 3 aromatic heterocycles. The molecule has 430 valence electrons. The van der Waals surface area contributed by atoms with Crippen molar-refractivity contribution in [3.05, 3.63) is 340 Å². The van der Waals surface area contributed by atoms with Gasteiger partial charge in [0, 0.05) is 49.5 Å². The maximum Gasteiger partial charge on any atom is 0.164 e. The zero-order chi connectivity index (χ0) is 60.9. The summed E-state index contributed by atoms with van der Waals surface area (Å²) in [6.07, 6.45) is 0. The summed E-state index contributed by atoms with van der Waals surface area (Å²) in [6.45, 7) is 0. The highest BCUT2D eigenvalue weighted by atomic mass is 16.3. The van der Waals surface area contributed by atoms with E-state index in [9.17, 15) is 0 Å². The number of para-hydroxylation sites is 4. The average molecular weight is 1170 g/mol. The Labute approximate surface area is 533 Å². The molecule has 3 heterocycles. The largest absolute Gasteiger partial charge is 0.455 e. The minimum atomic E-state index is 0.577. The lowest BCUT2D eigenvalue weighted by Gasteiger charge is -2.14. The predicted octanol–water partition coefficient (Wildman–Crippen LogP) is 23.2. The van der Waals surface area contributed by atoms with Crippen LogP contribution in [0.2, 0.25) is 0 Å². The molecule has 0 fully saturated rings. The Hall–Kier alpha value is -12.3. The molecule has 0 spiro atoms. The number of benzene rings is 14. The van der Waals surface area contributed by atoms with Crippen molar-refractivity contribution in [1.29, 1.82) is 0 Å². The summed E-state index contributed by atoms with van der Waals surface area (Å²) in [6, 6.07) is 121. The molecule has 0 saturated heterocycles. The van der Waals surface area contributed by atoms with Gasteiger partial charge in [0.15, 0.2) is 17.5 Å². The van der Waals surface area contributed by atoms with Gasteiger partial charge in [-0.1, -0.05) is 273 Å². The van der Waals surface area contributed by atoms with Gasteiger partial charge >= 0.3 is 0 Å².